The van der Waals surface area contributed by atoms with Crippen LogP contribution in [-0.4, -0.2) is 38.0 Å². The molecule has 0 atom stereocenters. The third-order valence-corrected chi connectivity index (χ3v) is 5.64. The maximum Gasteiger partial charge on any atom is 0.639 e. The van der Waals surface area contributed by atoms with Gasteiger partial charge >= 0.3 is 8.97 Å². The quantitative estimate of drug-likeness (QED) is 0.731. The van der Waals surface area contributed by atoms with E-state index in [9.17, 15) is 0 Å². The fourth-order valence-electron chi connectivity index (χ4n) is 2.06. The van der Waals surface area contributed by atoms with Crippen molar-refractivity contribution in [3.63, 3.8) is 0 Å². The van der Waals surface area contributed by atoms with Crippen molar-refractivity contribution >= 4 is 20.0 Å². The maximum absolute atomic E-state index is 5.88. The van der Waals surface area contributed by atoms with Crippen LogP contribution in [-0.2, 0) is 13.3 Å². The summed E-state index contributed by atoms with van der Waals surface area (Å²) >= 11 is 0. The molecule has 0 bridgehead atoms. The van der Waals surface area contributed by atoms with Crippen LogP contribution < -0.4 is 0 Å². The first-order valence-corrected chi connectivity index (χ1v) is 8.29. The van der Waals surface area contributed by atoms with Gasteiger partial charge in [-0.05, 0) is 32.9 Å². The highest BCUT2D eigenvalue weighted by atomic mass is 28.4. The molecule has 6 heteroatoms. The molecule has 0 N–H and O–H groups in total. The van der Waals surface area contributed by atoms with E-state index >= 15 is 0 Å². The van der Waals surface area contributed by atoms with E-state index in [-0.39, 0.29) is 0 Å². The first kappa shape index (κ1) is 14.2. The molecule has 1 aromatic heterocycles. The van der Waals surface area contributed by atoms with Gasteiger partial charge in [0.1, 0.15) is 0 Å². The fourth-order valence-corrected chi connectivity index (χ4v) is 4.50. The van der Waals surface area contributed by atoms with Gasteiger partial charge in [-0.3, -0.25) is 4.23 Å². The van der Waals surface area contributed by atoms with E-state index in [1.54, 1.807) is 6.33 Å². The van der Waals surface area contributed by atoms with Gasteiger partial charge in [0.2, 0.25) is 0 Å². The highest BCUT2D eigenvalue weighted by molar-refractivity contribution is 6.60. The third-order valence-electron chi connectivity index (χ3n) is 2.73. The summed E-state index contributed by atoms with van der Waals surface area (Å²) in [7, 11) is -2.93. The van der Waals surface area contributed by atoms with Crippen LogP contribution in [0.4, 0.5) is 0 Å². The second-order valence-electron chi connectivity index (χ2n) is 3.93. The summed E-state index contributed by atoms with van der Waals surface area (Å²) in [5.41, 5.74) is 1.89. The number of imidazole rings is 1. The van der Waals surface area contributed by atoms with Gasteiger partial charge in [0.05, 0.1) is 17.4 Å². The summed E-state index contributed by atoms with van der Waals surface area (Å²) in [5.74, 6) is 0. The summed E-state index contributed by atoms with van der Waals surface area (Å²) < 4.78 is 19.6. The predicted molar refractivity (Wildman–Crippen MR) is 75.8 cm³/mol. The number of fused-ring (bicyclic) bond motifs is 1. The number of aromatic nitrogens is 2. The van der Waals surface area contributed by atoms with Crippen LogP contribution in [0.1, 0.15) is 20.8 Å². The van der Waals surface area contributed by atoms with Crippen molar-refractivity contribution in [1.29, 1.82) is 0 Å². The molecule has 0 fully saturated rings. The Morgan fingerprint density at radius 2 is 1.58 bits per heavy atom. The van der Waals surface area contributed by atoms with E-state index < -0.39 is 8.97 Å². The minimum absolute atomic E-state index is 0.540. The Balaban J connectivity index is 2.52. The highest BCUT2D eigenvalue weighted by Crippen LogP contribution is 2.20. The number of nitrogens with zero attached hydrogens (tertiary/aromatic N) is 2. The Labute approximate surface area is 114 Å². The molecule has 104 valence electrons. The summed E-state index contributed by atoms with van der Waals surface area (Å²) in [6.07, 6.45) is 1.75. The van der Waals surface area contributed by atoms with E-state index in [0.717, 1.165) is 11.0 Å². The SMILES string of the molecule is CCO[Si](OCC)(OCC)n1cnc2ccccc21. The molecule has 0 spiro atoms. The van der Waals surface area contributed by atoms with Gasteiger partial charge < -0.3 is 13.3 Å². The van der Waals surface area contributed by atoms with E-state index in [1.807, 2.05) is 49.3 Å². The molecule has 19 heavy (non-hydrogen) atoms. The van der Waals surface area contributed by atoms with Crippen LogP contribution in [0.25, 0.3) is 11.0 Å². The lowest BCUT2D eigenvalue weighted by molar-refractivity contribution is 0.0627. The van der Waals surface area contributed by atoms with Gasteiger partial charge in [-0.25, -0.2) is 4.98 Å². The van der Waals surface area contributed by atoms with Crippen molar-refractivity contribution in [1.82, 2.24) is 9.22 Å². The second kappa shape index (κ2) is 6.29. The molecule has 0 saturated carbocycles. The Morgan fingerprint density at radius 3 is 2.16 bits per heavy atom. The minimum atomic E-state index is -2.93. The Morgan fingerprint density at radius 1 is 1.00 bits per heavy atom. The average Bonchev–Trinajstić information content (AvgIpc) is 2.84. The lowest BCUT2D eigenvalue weighted by Gasteiger charge is -2.28. The zero-order valence-corrected chi connectivity index (χ0v) is 12.6. The molecule has 0 unspecified atom stereocenters. The van der Waals surface area contributed by atoms with Crippen LogP contribution in [0.2, 0.25) is 0 Å². The zero-order chi connectivity index (χ0) is 13.7. The van der Waals surface area contributed by atoms with Crippen molar-refractivity contribution in [3.05, 3.63) is 30.6 Å². The number of hydrogen-bond acceptors (Lipinski definition) is 4. The van der Waals surface area contributed by atoms with Crippen LogP contribution in [0.15, 0.2) is 30.6 Å². The van der Waals surface area contributed by atoms with Gasteiger partial charge in [-0.1, -0.05) is 12.1 Å². The molecule has 5 nitrogen and oxygen atoms in total. The number of hydrogen-bond donors (Lipinski definition) is 0. The molecule has 0 aliphatic carbocycles. The Bertz CT molecular complexity index is 512. The standard InChI is InChI=1S/C13H20N2O3Si/c1-4-16-19(17-5-2,18-6-3)15-11-14-12-9-7-8-10-13(12)15/h7-11H,4-6H2,1-3H3. The average molecular weight is 280 g/mol. The highest BCUT2D eigenvalue weighted by Gasteiger charge is 2.45. The largest absolute Gasteiger partial charge is 0.639 e. The molecule has 0 saturated heterocycles. The Kier molecular flexibility index (Phi) is 4.70. The van der Waals surface area contributed by atoms with Gasteiger partial charge in [0, 0.05) is 19.8 Å². The molecular weight excluding hydrogens is 260 g/mol. The molecule has 0 radical (unpaired) electrons. The van der Waals surface area contributed by atoms with E-state index in [0.29, 0.717) is 19.8 Å². The van der Waals surface area contributed by atoms with Crippen molar-refractivity contribution in [3.8, 4) is 0 Å². The summed E-state index contributed by atoms with van der Waals surface area (Å²) in [5, 5.41) is 0. The zero-order valence-electron chi connectivity index (χ0n) is 11.6. The molecular formula is C13H20N2O3Si. The summed E-state index contributed by atoms with van der Waals surface area (Å²) in [6, 6.07) is 7.91. The smallest absolute Gasteiger partial charge is 0.356 e. The van der Waals surface area contributed by atoms with Crippen LogP contribution in [0.5, 0.6) is 0 Å². The van der Waals surface area contributed by atoms with Gasteiger partial charge in [-0.2, -0.15) is 0 Å². The van der Waals surface area contributed by atoms with Gasteiger partial charge in [0.25, 0.3) is 0 Å². The molecule has 1 aromatic carbocycles. The Hall–Kier alpha value is -1.21. The second-order valence-corrected chi connectivity index (χ2v) is 6.32. The number of benzene rings is 1. The molecule has 0 aliphatic rings. The lowest BCUT2D eigenvalue weighted by Crippen LogP contribution is -2.53. The van der Waals surface area contributed by atoms with Crippen molar-refractivity contribution < 1.29 is 13.3 Å². The fraction of sp³-hybridized carbons (Fsp3) is 0.462. The van der Waals surface area contributed by atoms with Crippen molar-refractivity contribution in [2.45, 2.75) is 20.8 Å². The molecule has 0 aliphatic heterocycles. The maximum atomic E-state index is 5.88. The normalized spacial score (nSPS) is 12.2. The van der Waals surface area contributed by atoms with Crippen LogP contribution >= 0.6 is 0 Å². The van der Waals surface area contributed by atoms with Gasteiger partial charge in [0.15, 0.2) is 0 Å². The van der Waals surface area contributed by atoms with Gasteiger partial charge in [-0.15, -0.1) is 0 Å². The summed E-state index contributed by atoms with van der Waals surface area (Å²) in [6.45, 7) is 7.45. The monoisotopic (exact) mass is 280 g/mol. The predicted octanol–water partition coefficient (Wildman–Crippen LogP) is 2.43. The van der Waals surface area contributed by atoms with Crippen LogP contribution in [0, 0.1) is 0 Å². The van der Waals surface area contributed by atoms with E-state index in [1.165, 1.54) is 0 Å². The first-order valence-electron chi connectivity index (χ1n) is 6.61. The molecule has 1 heterocycles. The third kappa shape index (κ3) is 2.71. The summed E-state index contributed by atoms with van der Waals surface area (Å²) in [4.78, 5) is 4.39. The minimum Gasteiger partial charge on any atom is -0.356 e. The number of para-hydroxylation sites is 2. The van der Waals surface area contributed by atoms with Crippen molar-refractivity contribution in [2.75, 3.05) is 19.8 Å². The number of rotatable bonds is 7. The van der Waals surface area contributed by atoms with Crippen molar-refractivity contribution in [2.24, 2.45) is 0 Å². The topological polar surface area (TPSA) is 45.5 Å². The molecule has 2 rings (SSSR count). The van der Waals surface area contributed by atoms with E-state index in [2.05, 4.69) is 4.98 Å². The lowest BCUT2D eigenvalue weighted by atomic mass is 10.3. The first-order chi connectivity index (χ1) is 9.27. The van der Waals surface area contributed by atoms with E-state index in [4.69, 9.17) is 13.3 Å². The van der Waals surface area contributed by atoms with Crippen LogP contribution in [0.3, 0.4) is 0 Å². The molecule has 0 amide bonds. The molecule has 2 aromatic rings.